The maximum atomic E-state index is 3.62. The van der Waals surface area contributed by atoms with E-state index < -0.39 is 0 Å². The summed E-state index contributed by atoms with van der Waals surface area (Å²) in [6.45, 7) is 14.6. The summed E-state index contributed by atoms with van der Waals surface area (Å²) < 4.78 is 0. The van der Waals surface area contributed by atoms with Crippen LogP contribution in [0, 0.1) is 5.92 Å². The van der Waals surface area contributed by atoms with Gasteiger partial charge in [-0.05, 0) is 45.1 Å². The van der Waals surface area contributed by atoms with E-state index in [0.717, 1.165) is 18.0 Å². The highest BCUT2D eigenvalue weighted by Gasteiger charge is 2.22. The van der Waals surface area contributed by atoms with Gasteiger partial charge >= 0.3 is 0 Å². The second-order valence-corrected chi connectivity index (χ2v) is 6.95. The molecule has 0 aromatic heterocycles. The fourth-order valence-electron chi connectivity index (χ4n) is 3.08. The lowest BCUT2D eigenvalue weighted by molar-refractivity contribution is 0.0909. The minimum Gasteiger partial charge on any atom is -0.314 e. The van der Waals surface area contributed by atoms with Crippen LogP contribution in [0.4, 0.5) is 0 Å². The lowest BCUT2D eigenvalue weighted by Crippen LogP contribution is -2.50. The van der Waals surface area contributed by atoms with Crippen LogP contribution in [0.1, 0.15) is 46.5 Å². The van der Waals surface area contributed by atoms with Crippen LogP contribution in [-0.4, -0.2) is 61.2 Å². The van der Waals surface area contributed by atoms with Gasteiger partial charge in [-0.25, -0.2) is 0 Å². The van der Waals surface area contributed by atoms with Crippen molar-refractivity contribution < 1.29 is 0 Å². The van der Waals surface area contributed by atoms with Crippen molar-refractivity contribution in [3.8, 4) is 0 Å². The van der Waals surface area contributed by atoms with Crippen molar-refractivity contribution >= 4 is 0 Å². The van der Waals surface area contributed by atoms with Gasteiger partial charge in [-0.15, -0.1) is 0 Å². The number of nitrogens with one attached hydrogen (secondary N) is 1. The van der Waals surface area contributed by atoms with E-state index in [1.807, 2.05) is 0 Å². The van der Waals surface area contributed by atoms with Gasteiger partial charge in [0.1, 0.15) is 0 Å². The number of rotatable bonds is 8. The highest BCUT2D eigenvalue weighted by molar-refractivity contribution is 4.81. The Morgan fingerprint density at radius 3 is 2.32 bits per heavy atom. The number of hydrogen-bond donors (Lipinski definition) is 1. The van der Waals surface area contributed by atoms with E-state index >= 15 is 0 Å². The SMILES string of the molecule is CC(C)CN1CCN(C(C)CCCNC2CC2)CC1. The molecule has 1 unspecified atom stereocenters. The van der Waals surface area contributed by atoms with E-state index in [2.05, 4.69) is 35.9 Å². The van der Waals surface area contributed by atoms with Crippen molar-refractivity contribution in [3.05, 3.63) is 0 Å². The average Bonchev–Trinajstić information content (AvgIpc) is 3.18. The number of nitrogens with zero attached hydrogens (tertiary/aromatic N) is 2. The van der Waals surface area contributed by atoms with Gasteiger partial charge in [-0.1, -0.05) is 13.8 Å². The molecule has 0 aromatic carbocycles. The largest absolute Gasteiger partial charge is 0.314 e. The lowest BCUT2D eigenvalue weighted by atomic mass is 10.1. The van der Waals surface area contributed by atoms with Gasteiger partial charge < -0.3 is 10.2 Å². The molecular formula is C16H33N3. The molecule has 2 aliphatic rings. The first kappa shape index (κ1) is 15.3. The van der Waals surface area contributed by atoms with Crippen molar-refractivity contribution in [2.45, 2.75) is 58.5 Å². The van der Waals surface area contributed by atoms with Crippen molar-refractivity contribution in [1.29, 1.82) is 0 Å². The molecule has 0 radical (unpaired) electrons. The molecule has 112 valence electrons. The molecule has 2 rings (SSSR count). The van der Waals surface area contributed by atoms with Crippen molar-refractivity contribution in [3.63, 3.8) is 0 Å². The lowest BCUT2D eigenvalue weighted by Gasteiger charge is -2.38. The van der Waals surface area contributed by atoms with Crippen LogP contribution >= 0.6 is 0 Å². The Bertz CT molecular complexity index is 242. The summed E-state index contributed by atoms with van der Waals surface area (Å²) in [5.74, 6) is 0.803. The molecule has 0 amide bonds. The molecule has 1 saturated carbocycles. The first-order valence-corrected chi connectivity index (χ1v) is 8.35. The van der Waals surface area contributed by atoms with Gasteiger partial charge in [0.2, 0.25) is 0 Å². The molecule has 1 saturated heterocycles. The average molecular weight is 267 g/mol. The smallest absolute Gasteiger partial charge is 0.0113 e. The molecule has 1 N–H and O–H groups in total. The van der Waals surface area contributed by atoms with E-state index in [1.54, 1.807) is 0 Å². The van der Waals surface area contributed by atoms with E-state index in [9.17, 15) is 0 Å². The zero-order chi connectivity index (χ0) is 13.7. The van der Waals surface area contributed by atoms with Crippen LogP contribution < -0.4 is 5.32 Å². The maximum Gasteiger partial charge on any atom is 0.0113 e. The third-order valence-electron chi connectivity index (χ3n) is 4.46. The van der Waals surface area contributed by atoms with Crippen LogP contribution in [0.15, 0.2) is 0 Å². The molecule has 3 heteroatoms. The van der Waals surface area contributed by atoms with Crippen molar-refractivity contribution in [2.24, 2.45) is 5.92 Å². The molecular weight excluding hydrogens is 234 g/mol. The van der Waals surface area contributed by atoms with Crippen LogP contribution in [0.5, 0.6) is 0 Å². The van der Waals surface area contributed by atoms with Gasteiger partial charge in [-0.3, -0.25) is 4.90 Å². The Morgan fingerprint density at radius 2 is 1.74 bits per heavy atom. The monoisotopic (exact) mass is 267 g/mol. The minimum absolute atomic E-state index is 0.766. The fourth-order valence-corrected chi connectivity index (χ4v) is 3.08. The molecule has 0 aromatic rings. The molecule has 0 spiro atoms. The third kappa shape index (κ3) is 5.80. The normalized spacial score (nSPS) is 24.0. The zero-order valence-corrected chi connectivity index (χ0v) is 13.2. The summed E-state index contributed by atoms with van der Waals surface area (Å²) in [4.78, 5) is 5.32. The summed E-state index contributed by atoms with van der Waals surface area (Å²) in [5.41, 5.74) is 0. The van der Waals surface area contributed by atoms with E-state index in [-0.39, 0.29) is 0 Å². The molecule has 1 heterocycles. The Morgan fingerprint density at radius 1 is 1.05 bits per heavy atom. The van der Waals surface area contributed by atoms with Crippen LogP contribution in [-0.2, 0) is 0 Å². The highest BCUT2D eigenvalue weighted by atomic mass is 15.3. The zero-order valence-electron chi connectivity index (χ0n) is 13.2. The van der Waals surface area contributed by atoms with Gasteiger partial charge in [0.05, 0.1) is 0 Å². The molecule has 3 nitrogen and oxygen atoms in total. The van der Waals surface area contributed by atoms with Crippen molar-refractivity contribution in [1.82, 2.24) is 15.1 Å². The first-order valence-electron chi connectivity index (χ1n) is 8.35. The second-order valence-electron chi connectivity index (χ2n) is 6.95. The second kappa shape index (κ2) is 7.61. The van der Waals surface area contributed by atoms with E-state index in [4.69, 9.17) is 0 Å². The minimum atomic E-state index is 0.766. The maximum absolute atomic E-state index is 3.62. The van der Waals surface area contributed by atoms with Gasteiger partial charge in [0.25, 0.3) is 0 Å². The predicted molar refractivity (Wildman–Crippen MR) is 82.6 cm³/mol. The number of hydrogen-bond acceptors (Lipinski definition) is 3. The molecule has 0 bridgehead atoms. The standard InChI is InChI=1S/C16H33N3/c1-14(2)13-18-9-11-19(12-10-18)15(3)5-4-8-17-16-6-7-16/h14-17H,4-13H2,1-3H3. The molecule has 1 aliphatic heterocycles. The van der Waals surface area contributed by atoms with Crippen LogP contribution in [0.25, 0.3) is 0 Å². The Labute approximate surface area is 119 Å². The first-order chi connectivity index (χ1) is 9.15. The third-order valence-corrected chi connectivity index (χ3v) is 4.46. The van der Waals surface area contributed by atoms with Gasteiger partial charge in [-0.2, -0.15) is 0 Å². The molecule has 2 fully saturated rings. The van der Waals surface area contributed by atoms with Crippen LogP contribution in [0.2, 0.25) is 0 Å². The summed E-state index contributed by atoms with van der Waals surface area (Å²) in [7, 11) is 0. The van der Waals surface area contributed by atoms with Gasteiger partial charge in [0.15, 0.2) is 0 Å². The molecule has 1 aliphatic carbocycles. The molecule has 1 atom stereocenters. The van der Waals surface area contributed by atoms with Crippen molar-refractivity contribution in [2.75, 3.05) is 39.3 Å². The van der Waals surface area contributed by atoms with E-state index in [0.29, 0.717) is 0 Å². The summed E-state index contributed by atoms with van der Waals surface area (Å²) in [6, 6.07) is 1.64. The topological polar surface area (TPSA) is 18.5 Å². The fraction of sp³-hybridized carbons (Fsp3) is 1.00. The predicted octanol–water partition coefficient (Wildman–Crippen LogP) is 2.18. The van der Waals surface area contributed by atoms with Crippen LogP contribution in [0.3, 0.4) is 0 Å². The summed E-state index contributed by atoms with van der Waals surface area (Å²) in [6.07, 6.45) is 5.51. The van der Waals surface area contributed by atoms with Gasteiger partial charge in [0, 0.05) is 44.8 Å². The quantitative estimate of drug-likeness (QED) is 0.680. The Kier molecular flexibility index (Phi) is 6.11. The number of piperazine rings is 1. The molecule has 19 heavy (non-hydrogen) atoms. The Balaban J connectivity index is 1.54. The summed E-state index contributed by atoms with van der Waals surface area (Å²) in [5, 5.41) is 3.62. The Hall–Kier alpha value is -0.120. The summed E-state index contributed by atoms with van der Waals surface area (Å²) >= 11 is 0. The van der Waals surface area contributed by atoms with E-state index in [1.165, 1.54) is 65.0 Å². The highest BCUT2D eigenvalue weighted by Crippen LogP contribution is 2.18.